The van der Waals surface area contributed by atoms with Crippen LogP contribution >= 0.6 is 0 Å². The molecule has 0 saturated heterocycles. The molecule has 1 aliphatic rings. The molecule has 2 heterocycles. The summed E-state index contributed by atoms with van der Waals surface area (Å²) in [6.07, 6.45) is 1.93. The molecule has 0 fully saturated rings. The van der Waals surface area contributed by atoms with Gasteiger partial charge in [0, 0.05) is 27.7 Å². The van der Waals surface area contributed by atoms with Gasteiger partial charge in [0.05, 0.1) is 22.2 Å². The summed E-state index contributed by atoms with van der Waals surface area (Å²) in [5.41, 5.74) is 7.30. The minimum absolute atomic E-state index is 1.02. The highest BCUT2D eigenvalue weighted by Gasteiger charge is 2.24. The van der Waals surface area contributed by atoms with Crippen LogP contribution in [-0.4, -0.2) is 9.55 Å². The number of hydrogen-bond donors (Lipinski definition) is 0. The third kappa shape index (κ3) is 2.05. The Morgan fingerprint density at radius 2 is 1.11 bits per heavy atom. The number of rotatable bonds is 1. The van der Waals surface area contributed by atoms with Crippen LogP contribution in [0.15, 0.2) is 109 Å². The average molecular weight is 443 g/mol. The molecule has 9 rings (SSSR count). The third-order valence-corrected chi connectivity index (χ3v) is 7.92. The lowest BCUT2D eigenvalue weighted by atomic mass is 9.93. The summed E-state index contributed by atoms with van der Waals surface area (Å²) in [5.74, 6) is 0. The number of para-hydroxylation sites is 1. The van der Waals surface area contributed by atoms with Gasteiger partial charge in [-0.1, -0.05) is 78.9 Å². The molecule has 0 unspecified atom stereocenters. The lowest BCUT2D eigenvalue weighted by Gasteiger charge is -2.14. The SMILES string of the molecule is c1cc2c3c(c1)ccc1ccc4ccc5c(c6c-2cccc6n5-c2ccnc5ccccc25)c4c13. The lowest BCUT2D eigenvalue weighted by molar-refractivity contribution is 1.19. The fourth-order valence-electron chi connectivity index (χ4n) is 6.54. The van der Waals surface area contributed by atoms with Gasteiger partial charge in [-0.3, -0.25) is 4.98 Å². The Labute approximate surface area is 200 Å². The Kier molecular flexibility index (Phi) is 3.07. The van der Waals surface area contributed by atoms with E-state index in [4.69, 9.17) is 0 Å². The second kappa shape index (κ2) is 6.05. The van der Waals surface area contributed by atoms with Gasteiger partial charge in [-0.2, -0.15) is 0 Å². The van der Waals surface area contributed by atoms with E-state index in [9.17, 15) is 0 Å². The van der Waals surface area contributed by atoms with E-state index in [2.05, 4.69) is 113 Å². The fourth-order valence-corrected chi connectivity index (χ4v) is 6.54. The molecule has 2 nitrogen and oxygen atoms in total. The second-order valence-electron chi connectivity index (χ2n) is 9.57. The van der Waals surface area contributed by atoms with Crippen molar-refractivity contribution in [2.24, 2.45) is 0 Å². The fraction of sp³-hybridized carbons (Fsp3) is 0. The summed E-state index contributed by atoms with van der Waals surface area (Å²) in [7, 11) is 0. The molecule has 0 aliphatic heterocycles. The van der Waals surface area contributed by atoms with Crippen LogP contribution in [0.3, 0.4) is 0 Å². The first-order valence-electron chi connectivity index (χ1n) is 12.1. The van der Waals surface area contributed by atoms with E-state index < -0.39 is 0 Å². The average Bonchev–Trinajstić information content (AvgIpc) is 3.19. The molecule has 0 N–H and O–H groups in total. The molecule has 35 heavy (non-hydrogen) atoms. The molecule has 0 saturated carbocycles. The highest BCUT2D eigenvalue weighted by Crippen LogP contribution is 2.49. The van der Waals surface area contributed by atoms with Gasteiger partial charge >= 0.3 is 0 Å². The Morgan fingerprint density at radius 3 is 1.97 bits per heavy atom. The number of nitrogens with zero attached hydrogens (tertiary/aromatic N) is 2. The normalized spacial score (nSPS) is 12.6. The van der Waals surface area contributed by atoms with Gasteiger partial charge in [0.25, 0.3) is 0 Å². The predicted molar refractivity (Wildman–Crippen MR) is 148 cm³/mol. The van der Waals surface area contributed by atoms with Crippen LogP contribution in [0.4, 0.5) is 0 Å². The van der Waals surface area contributed by atoms with Crippen LogP contribution in [0, 0.1) is 0 Å². The number of fused-ring (bicyclic) bond motifs is 2. The van der Waals surface area contributed by atoms with Gasteiger partial charge in [-0.15, -0.1) is 0 Å². The lowest BCUT2D eigenvalue weighted by Crippen LogP contribution is -1.96. The van der Waals surface area contributed by atoms with E-state index in [1.165, 1.54) is 70.9 Å². The molecule has 0 radical (unpaired) electrons. The van der Waals surface area contributed by atoms with Gasteiger partial charge in [0.2, 0.25) is 0 Å². The largest absolute Gasteiger partial charge is 0.308 e. The summed E-state index contributed by atoms with van der Waals surface area (Å²) < 4.78 is 2.45. The first-order valence-corrected chi connectivity index (χ1v) is 12.1. The van der Waals surface area contributed by atoms with Crippen LogP contribution in [0.25, 0.3) is 81.8 Å². The summed E-state index contributed by atoms with van der Waals surface area (Å²) >= 11 is 0. The van der Waals surface area contributed by atoms with E-state index in [-0.39, 0.29) is 0 Å². The van der Waals surface area contributed by atoms with Crippen molar-refractivity contribution in [2.45, 2.75) is 0 Å². The maximum atomic E-state index is 4.64. The number of hydrogen-bond acceptors (Lipinski definition) is 1. The Balaban J connectivity index is 1.64. The smallest absolute Gasteiger partial charge is 0.0723 e. The van der Waals surface area contributed by atoms with E-state index in [0.717, 1.165) is 10.9 Å². The summed E-state index contributed by atoms with van der Waals surface area (Å²) in [4.78, 5) is 4.64. The molecule has 0 atom stereocenters. The van der Waals surface area contributed by atoms with Gasteiger partial charge in [0.1, 0.15) is 0 Å². The zero-order valence-corrected chi connectivity index (χ0v) is 18.8. The van der Waals surface area contributed by atoms with Crippen molar-refractivity contribution in [3.05, 3.63) is 109 Å². The van der Waals surface area contributed by atoms with Crippen molar-refractivity contribution in [2.75, 3.05) is 0 Å². The minimum Gasteiger partial charge on any atom is -0.308 e. The monoisotopic (exact) mass is 442 g/mol. The van der Waals surface area contributed by atoms with Crippen molar-refractivity contribution in [1.29, 1.82) is 0 Å². The van der Waals surface area contributed by atoms with Gasteiger partial charge in [-0.05, 0) is 62.3 Å². The predicted octanol–water partition coefficient (Wildman–Crippen LogP) is 8.77. The number of benzene rings is 6. The number of pyridine rings is 1. The van der Waals surface area contributed by atoms with Crippen molar-refractivity contribution >= 4 is 65.0 Å². The molecule has 8 aromatic rings. The van der Waals surface area contributed by atoms with Crippen LogP contribution in [0.5, 0.6) is 0 Å². The first-order chi connectivity index (χ1) is 17.4. The molecule has 2 heteroatoms. The van der Waals surface area contributed by atoms with Gasteiger partial charge in [0.15, 0.2) is 0 Å². The Bertz CT molecular complexity index is 2210. The maximum Gasteiger partial charge on any atom is 0.0723 e. The summed E-state index contributed by atoms with van der Waals surface area (Å²) in [6.45, 7) is 0. The van der Waals surface area contributed by atoms with Crippen LogP contribution in [0.2, 0.25) is 0 Å². The molecule has 6 aromatic carbocycles. The van der Waals surface area contributed by atoms with Gasteiger partial charge < -0.3 is 4.57 Å². The van der Waals surface area contributed by atoms with E-state index >= 15 is 0 Å². The third-order valence-electron chi connectivity index (χ3n) is 7.92. The van der Waals surface area contributed by atoms with Crippen molar-refractivity contribution in [3.8, 4) is 16.8 Å². The zero-order chi connectivity index (χ0) is 22.7. The maximum absolute atomic E-state index is 4.64. The Hall–Kier alpha value is -4.69. The topological polar surface area (TPSA) is 17.8 Å². The van der Waals surface area contributed by atoms with E-state index in [1.54, 1.807) is 0 Å². The molecule has 160 valence electrons. The van der Waals surface area contributed by atoms with Crippen molar-refractivity contribution < 1.29 is 0 Å². The molecular formula is C33H18N2. The summed E-state index contributed by atoms with van der Waals surface area (Å²) in [6, 6.07) is 37.8. The highest BCUT2D eigenvalue weighted by atomic mass is 15.0. The van der Waals surface area contributed by atoms with E-state index in [1.807, 2.05) is 6.20 Å². The van der Waals surface area contributed by atoms with Crippen molar-refractivity contribution in [3.63, 3.8) is 0 Å². The summed E-state index contributed by atoms with van der Waals surface area (Å²) in [5, 5.41) is 11.9. The van der Waals surface area contributed by atoms with E-state index in [0.29, 0.717) is 0 Å². The number of aromatic nitrogens is 2. The second-order valence-corrected chi connectivity index (χ2v) is 9.57. The van der Waals surface area contributed by atoms with Crippen LogP contribution < -0.4 is 0 Å². The minimum atomic E-state index is 1.02. The molecule has 1 aliphatic carbocycles. The molecule has 0 amide bonds. The van der Waals surface area contributed by atoms with Gasteiger partial charge in [-0.25, -0.2) is 0 Å². The standard InChI is InChI=1S/C33H18N2/c1-2-9-25-24(6-1)26(17-18-34-25)35-27-10-4-8-23-22-7-3-5-19-11-12-20-13-14-21-15-16-28(35)33(32(23)27)31(21)30(20)29(19)22/h1-18H. The van der Waals surface area contributed by atoms with Crippen LogP contribution in [-0.2, 0) is 0 Å². The Morgan fingerprint density at radius 1 is 0.457 bits per heavy atom. The van der Waals surface area contributed by atoms with Crippen LogP contribution in [0.1, 0.15) is 0 Å². The first kappa shape index (κ1) is 17.7. The zero-order valence-electron chi connectivity index (χ0n) is 18.8. The van der Waals surface area contributed by atoms with Crippen molar-refractivity contribution in [1.82, 2.24) is 9.55 Å². The molecule has 0 spiro atoms. The quantitative estimate of drug-likeness (QED) is 0.232. The highest BCUT2D eigenvalue weighted by molar-refractivity contribution is 6.38. The molecular weight excluding hydrogens is 424 g/mol. The molecule has 2 aromatic heterocycles. The molecule has 0 bridgehead atoms.